The van der Waals surface area contributed by atoms with Gasteiger partial charge in [-0.3, -0.25) is 0 Å². The van der Waals surface area contributed by atoms with Crippen LogP contribution in [0.4, 0.5) is 0 Å². The molecule has 1 heterocycles. The van der Waals surface area contributed by atoms with E-state index in [1.807, 2.05) is 0 Å². The SMILES string of the molecule is CC(C)C1CC[Si](C)(C)CC1. The molecular formula is C10H22Si. The standard InChI is InChI=1S/C10H22Si/c1-9(2)10-5-7-11(3,4)8-6-10/h9-10H,5-8H2,1-4H3. The fraction of sp³-hybridized carbons (Fsp3) is 1.00. The molecule has 0 nitrogen and oxygen atoms in total. The van der Waals surface area contributed by atoms with Gasteiger partial charge in [0.2, 0.25) is 0 Å². The van der Waals surface area contributed by atoms with Crippen LogP contribution in [-0.2, 0) is 0 Å². The fourth-order valence-electron chi connectivity index (χ4n) is 2.09. The Balaban J connectivity index is 2.36. The van der Waals surface area contributed by atoms with Crippen LogP contribution in [0.25, 0.3) is 0 Å². The van der Waals surface area contributed by atoms with Gasteiger partial charge in [0.15, 0.2) is 0 Å². The summed E-state index contributed by atoms with van der Waals surface area (Å²) in [6.07, 6.45) is 3.05. The highest BCUT2D eigenvalue weighted by Crippen LogP contribution is 2.35. The van der Waals surface area contributed by atoms with E-state index in [9.17, 15) is 0 Å². The molecule has 0 aromatic heterocycles. The van der Waals surface area contributed by atoms with Gasteiger partial charge in [0.05, 0.1) is 0 Å². The van der Waals surface area contributed by atoms with Crippen LogP contribution in [0.1, 0.15) is 26.7 Å². The minimum Gasteiger partial charge on any atom is -0.0693 e. The summed E-state index contributed by atoms with van der Waals surface area (Å²) in [7, 11) is -0.678. The van der Waals surface area contributed by atoms with E-state index in [1.165, 1.54) is 12.8 Å². The van der Waals surface area contributed by atoms with E-state index in [2.05, 4.69) is 26.9 Å². The Morgan fingerprint density at radius 2 is 1.55 bits per heavy atom. The van der Waals surface area contributed by atoms with E-state index >= 15 is 0 Å². The van der Waals surface area contributed by atoms with Gasteiger partial charge in [-0.05, 0) is 11.8 Å². The maximum Gasteiger partial charge on any atom is 0.0473 e. The zero-order valence-corrected chi connectivity index (χ0v) is 9.48. The molecular weight excluding hydrogens is 148 g/mol. The third-order valence-electron chi connectivity index (χ3n) is 3.33. The van der Waals surface area contributed by atoms with Crippen molar-refractivity contribution in [3.8, 4) is 0 Å². The highest BCUT2D eigenvalue weighted by Gasteiger charge is 2.29. The van der Waals surface area contributed by atoms with Gasteiger partial charge in [-0.1, -0.05) is 51.9 Å². The molecule has 0 N–H and O–H groups in total. The van der Waals surface area contributed by atoms with E-state index in [-0.39, 0.29) is 0 Å². The molecule has 1 rings (SSSR count). The lowest BCUT2D eigenvalue weighted by Crippen LogP contribution is -2.32. The van der Waals surface area contributed by atoms with Gasteiger partial charge in [0.25, 0.3) is 0 Å². The second-order valence-corrected chi connectivity index (χ2v) is 10.6. The molecule has 0 aliphatic carbocycles. The molecule has 0 amide bonds. The Hall–Kier alpha value is 0.217. The summed E-state index contributed by atoms with van der Waals surface area (Å²) < 4.78 is 0. The van der Waals surface area contributed by atoms with Gasteiger partial charge < -0.3 is 0 Å². The largest absolute Gasteiger partial charge is 0.0693 e. The van der Waals surface area contributed by atoms with Crippen LogP contribution in [-0.4, -0.2) is 8.07 Å². The average molecular weight is 170 g/mol. The Kier molecular flexibility index (Phi) is 2.79. The first kappa shape index (κ1) is 9.31. The van der Waals surface area contributed by atoms with Gasteiger partial charge >= 0.3 is 0 Å². The summed E-state index contributed by atoms with van der Waals surface area (Å²) >= 11 is 0. The molecule has 1 saturated heterocycles. The summed E-state index contributed by atoms with van der Waals surface area (Å²) in [5.74, 6) is 1.98. The number of hydrogen-bond donors (Lipinski definition) is 0. The van der Waals surface area contributed by atoms with Crippen molar-refractivity contribution < 1.29 is 0 Å². The summed E-state index contributed by atoms with van der Waals surface area (Å²) in [6.45, 7) is 9.85. The molecule has 1 heteroatoms. The van der Waals surface area contributed by atoms with Crippen molar-refractivity contribution in [2.24, 2.45) is 11.8 Å². The monoisotopic (exact) mass is 170 g/mol. The van der Waals surface area contributed by atoms with Crippen molar-refractivity contribution in [1.29, 1.82) is 0 Å². The normalized spacial score (nSPS) is 25.9. The summed E-state index contributed by atoms with van der Waals surface area (Å²) in [4.78, 5) is 0. The fourth-order valence-corrected chi connectivity index (χ4v) is 4.64. The minimum absolute atomic E-state index is 0.678. The van der Waals surface area contributed by atoms with Crippen molar-refractivity contribution >= 4 is 8.07 Å². The first-order chi connectivity index (χ1) is 5.01. The maximum absolute atomic E-state index is 2.55. The third-order valence-corrected chi connectivity index (χ3v) is 6.61. The molecule has 0 aromatic rings. The summed E-state index contributed by atoms with van der Waals surface area (Å²) in [5.41, 5.74) is 0. The summed E-state index contributed by atoms with van der Waals surface area (Å²) in [5, 5.41) is 0. The summed E-state index contributed by atoms with van der Waals surface area (Å²) in [6, 6.07) is 3.16. The lowest BCUT2D eigenvalue weighted by atomic mass is 9.90. The van der Waals surface area contributed by atoms with E-state index in [0.717, 1.165) is 11.8 Å². The van der Waals surface area contributed by atoms with Crippen LogP contribution in [0.5, 0.6) is 0 Å². The van der Waals surface area contributed by atoms with Crippen LogP contribution >= 0.6 is 0 Å². The molecule has 66 valence electrons. The molecule has 0 aromatic carbocycles. The van der Waals surface area contributed by atoms with Crippen molar-refractivity contribution in [2.45, 2.75) is 51.9 Å². The molecule has 0 bridgehead atoms. The molecule has 0 spiro atoms. The van der Waals surface area contributed by atoms with Crippen LogP contribution in [0.15, 0.2) is 0 Å². The number of hydrogen-bond acceptors (Lipinski definition) is 0. The van der Waals surface area contributed by atoms with E-state index in [0.29, 0.717) is 0 Å². The number of rotatable bonds is 1. The molecule has 0 saturated carbocycles. The Bertz CT molecular complexity index is 117. The van der Waals surface area contributed by atoms with E-state index in [1.54, 1.807) is 12.1 Å². The van der Waals surface area contributed by atoms with Crippen LogP contribution < -0.4 is 0 Å². The van der Waals surface area contributed by atoms with Gasteiger partial charge in [-0.25, -0.2) is 0 Å². The minimum atomic E-state index is -0.678. The van der Waals surface area contributed by atoms with Crippen molar-refractivity contribution in [3.05, 3.63) is 0 Å². The first-order valence-electron chi connectivity index (χ1n) is 5.01. The molecule has 0 radical (unpaired) electrons. The smallest absolute Gasteiger partial charge is 0.0473 e. The molecule has 1 aliphatic rings. The first-order valence-corrected chi connectivity index (χ1v) is 8.43. The molecule has 11 heavy (non-hydrogen) atoms. The van der Waals surface area contributed by atoms with Gasteiger partial charge in [-0.15, -0.1) is 0 Å². The van der Waals surface area contributed by atoms with E-state index < -0.39 is 8.07 Å². The topological polar surface area (TPSA) is 0 Å². The van der Waals surface area contributed by atoms with Crippen molar-refractivity contribution in [2.75, 3.05) is 0 Å². The quantitative estimate of drug-likeness (QED) is 0.526. The molecule has 0 atom stereocenters. The average Bonchev–Trinajstić information content (AvgIpc) is 1.86. The van der Waals surface area contributed by atoms with E-state index in [4.69, 9.17) is 0 Å². The van der Waals surface area contributed by atoms with Crippen LogP contribution in [0.2, 0.25) is 25.2 Å². The zero-order chi connectivity index (χ0) is 8.48. The molecule has 1 aliphatic heterocycles. The molecule has 1 fully saturated rings. The second-order valence-electron chi connectivity index (χ2n) is 5.25. The maximum atomic E-state index is 2.55. The lowest BCUT2D eigenvalue weighted by Gasteiger charge is -2.34. The van der Waals surface area contributed by atoms with Gasteiger partial charge in [-0.2, -0.15) is 0 Å². The second kappa shape index (κ2) is 3.30. The highest BCUT2D eigenvalue weighted by molar-refractivity contribution is 6.77. The van der Waals surface area contributed by atoms with Crippen LogP contribution in [0, 0.1) is 11.8 Å². The lowest BCUT2D eigenvalue weighted by molar-refractivity contribution is 0.347. The van der Waals surface area contributed by atoms with Crippen molar-refractivity contribution in [1.82, 2.24) is 0 Å². The highest BCUT2D eigenvalue weighted by atomic mass is 28.3. The predicted molar refractivity (Wildman–Crippen MR) is 54.7 cm³/mol. The zero-order valence-electron chi connectivity index (χ0n) is 8.48. The van der Waals surface area contributed by atoms with Crippen molar-refractivity contribution in [3.63, 3.8) is 0 Å². The van der Waals surface area contributed by atoms with Crippen LogP contribution in [0.3, 0.4) is 0 Å². The molecule has 0 unspecified atom stereocenters. The Morgan fingerprint density at radius 1 is 1.09 bits per heavy atom. The van der Waals surface area contributed by atoms with Gasteiger partial charge in [0.1, 0.15) is 0 Å². The Morgan fingerprint density at radius 3 is 1.91 bits per heavy atom. The third kappa shape index (κ3) is 2.62. The van der Waals surface area contributed by atoms with Gasteiger partial charge in [0, 0.05) is 8.07 Å². The predicted octanol–water partition coefficient (Wildman–Crippen LogP) is 3.76. The Labute approximate surface area is 72.4 Å².